The van der Waals surface area contributed by atoms with Crippen LogP contribution in [0, 0.1) is 0 Å². The first-order chi connectivity index (χ1) is 9.67. The molecule has 0 saturated carbocycles. The number of ether oxygens (including phenoxy) is 1. The fourth-order valence-electron chi connectivity index (χ4n) is 3.16. The Labute approximate surface area is 123 Å². The SMILES string of the molecule is CCc1nn(C)c2c1nc(CCl)n2C(C)C1CCCO1. The lowest BCUT2D eigenvalue weighted by Crippen LogP contribution is -2.23. The van der Waals surface area contributed by atoms with E-state index < -0.39 is 0 Å². The van der Waals surface area contributed by atoms with Crippen LogP contribution in [0.2, 0.25) is 0 Å². The van der Waals surface area contributed by atoms with E-state index in [4.69, 9.17) is 21.3 Å². The van der Waals surface area contributed by atoms with Gasteiger partial charge in [0.2, 0.25) is 0 Å². The highest BCUT2D eigenvalue weighted by molar-refractivity contribution is 6.16. The van der Waals surface area contributed by atoms with E-state index in [2.05, 4.69) is 23.5 Å². The van der Waals surface area contributed by atoms with Crippen molar-refractivity contribution in [3.8, 4) is 0 Å². The number of alkyl halides is 1. The molecule has 0 aliphatic carbocycles. The van der Waals surface area contributed by atoms with E-state index in [1.54, 1.807) is 0 Å². The van der Waals surface area contributed by atoms with Crippen molar-refractivity contribution >= 4 is 22.8 Å². The van der Waals surface area contributed by atoms with Gasteiger partial charge in [-0.1, -0.05) is 6.92 Å². The Morgan fingerprint density at radius 2 is 2.30 bits per heavy atom. The van der Waals surface area contributed by atoms with Crippen molar-refractivity contribution in [2.24, 2.45) is 7.05 Å². The van der Waals surface area contributed by atoms with Crippen LogP contribution in [-0.4, -0.2) is 32.0 Å². The van der Waals surface area contributed by atoms with E-state index in [1.807, 2.05) is 11.7 Å². The molecule has 5 nitrogen and oxygen atoms in total. The molecule has 110 valence electrons. The molecule has 2 unspecified atom stereocenters. The lowest BCUT2D eigenvalue weighted by molar-refractivity contribution is 0.0734. The Bertz CT molecular complexity index is 612. The number of hydrogen-bond donors (Lipinski definition) is 0. The summed E-state index contributed by atoms with van der Waals surface area (Å²) in [5.41, 5.74) is 3.07. The van der Waals surface area contributed by atoms with E-state index in [0.717, 1.165) is 48.6 Å². The monoisotopic (exact) mass is 296 g/mol. The molecule has 2 atom stereocenters. The lowest BCUT2D eigenvalue weighted by atomic mass is 10.1. The molecule has 0 bridgehead atoms. The molecule has 1 fully saturated rings. The largest absolute Gasteiger partial charge is 0.376 e. The fraction of sp³-hybridized carbons (Fsp3) is 0.714. The van der Waals surface area contributed by atoms with Gasteiger partial charge < -0.3 is 9.30 Å². The summed E-state index contributed by atoms with van der Waals surface area (Å²) in [4.78, 5) is 4.71. The number of aryl methyl sites for hydroxylation is 2. The van der Waals surface area contributed by atoms with Crippen molar-refractivity contribution in [1.82, 2.24) is 19.3 Å². The van der Waals surface area contributed by atoms with Crippen molar-refractivity contribution in [2.45, 2.75) is 51.1 Å². The van der Waals surface area contributed by atoms with Crippen LogP contribution in [0.15, 0.2) is 0 Å². The van der Waals surface area contributed by atoms with Crippen molar-refractivity contribution < 1.29 is 4.74 Å². The van der Waals surface area contributed by atoms with Crippen molar-refractivity contribution in [3.05, 3.63) is 11.5 Å². The molecule has 20 heavy (non-hydrogen) atoms. The second kappa shape index (κ2) is 5.37. The molecule has 0 N–H and O–H groups in total. The van der Waals surface area contributed by atoms with Crippen LogP contribution in [0.1, 0.15) is 44.2 Å². The topological polar surface area (TPSA) is 44.9 Å². The molecule has 1 saturated heterocycles. The molecule has 1 aliphatic heterocycles. The standard InChI is InChI=1S/C14H21ClN4O/c1-4-10-13-14(18(3)17-10)19(12(8-15)16-13)9(2)11-6-5-7-20-11/h9,11H,4-8H2,1-3H3. The number of halogens is 1. The maximum Gasteiger partial charge on any atom is 0.159 e. The summed E-state index contributed by atoms with van der Waals surface area (Å²) in [6.07, 6.45) is 3.36. The second-order valence-corrected chi connectivity index (χ2v) is 5.69. The molecular formula is C14H21ClN4O. The van der Waals surface area contributed by atoms with Crippen molar-refractivity contribution in [2.75, 3.05) is 6.61 Å². The predicted octanol–water partition coefficient (Wildman–Crippen LogP) is 2.81. The quantitative estimate of drug-likeness (QED) is 0.815. The van der Waals surface area contributed by atoms with Crippen LogP contribution in [0.5, 0.6) is 0 Å². The highest BCUT2D eigenvalue weighted by Gasteiger charge is 2.28. The first-order valence-corrected chi connectivity index (χ1v) is 7.81. The Balaban J connectivity index is 2.14. The van der Waals surface area contributed by atoms with Gasteiger partial charge in [-0.15, -0.1) is 11.6 Å². The summed E-state index contributed by atoms with van der Waals surface area (Å²) in [6, 6.07) is 0.233. The van der Waals surface area contributed by atoms with Gasteiger partial charge in [0.05, 0.1) is 23.7 Å². The normalized spacial score (nSPS) is 20.9. The molecule has 3 rings (SSSR count). The molecule has 0 spiro atoms. The third kappa shape index (κ3) is 2.04. The molecule has 2 aromatic heterocycles. The summed E-state index contributed by atoms with van der Waals surface area (Å²) < 4.78 is 9.97. The van der Waals surface area contributed by atoms with Crippen LogP contribution in [-0.2, 0) is 24.1 Å². The van der Waals surface area contributed by atoms with Gasteiger partial charge in [-0.2, -0.15) is 5.10 Å². The van der Waals surface area contributed by atoms with E-state index in [9.17, 15) is 0 Å². The van der Waals surface area contributed by atoms with Crippen LogP contribution in [0.3, 0.4) is 0 Å². The van der Waals surface area contributed by atoms with Crippen LogP contribution in [0.25, 0.3) is 11.2 Å². The molecule has 0 aromatic carbocycles. The van der Waals surface area contributed by atoms with Crippen LogP contribution >= 0.6 is 11.6 Å². The highest BCUT2D eigenvalue weighted by Crippen LogP contribution is 2.30. The van der Waals surface area contributed by atoms with E-state index in [1.165, 1.54) is 0 Å². The molecule has 2 aromatic rings. The van der Waals surface area contributed by atoms with Crippen molar-refractivity contribution in [3.63, 3.8) is 0 Å². The second-order valence-electron chi connectivity index (χ2n) is 5.42. The molecule has 6 heteroatoms. The minimum atomic E-state index is 0.233. The van der Waals surface area contributed by atoms with E-state index in [-0.39, 0.29) is 12.1 Å². The molecular weight excluding hydrogens is 276 g/mol. The zero-order valence-corrected chi connectivity index (χ0v) is 13.0. The maximum absolute atomic E-state index is 6.11. The van der Waals surface area contributed by atoms with Crippen LogP contribution < -0.4 is 0 Å². The molecule has 3 heterocycles. The van der Waals surface area contributed by atoms with Gasteiger partial charge >= 0.3 is 0 Å². The molecule has 0 radical (unpaired) electrons. The number of fused-ring (bicyclic) bond motifs is 1. The first-order valence-electron chi connectivity index (χ1n) is 7.27. The number of imidazole rings is 1. The molecule has 1 aliphatic rings. The van der Waals surface area contributed by atoms with Gasteiger partial charge in [0.1, 0.15) is 11.3 Å². The minimum absolute atomic E-state index is 0.233. The zero-order chi connectivity index (χ0) is 14.3. The van der Waals surface area contributed by atoms with Crippen LogP contribution in [0.4, 0.5) is 0 Å². The first kappa shape index (κ1) is 13.9. The number of aromatic nitrogens is 4. The van der Waals surface area contributed by atoms with Gasteiger partial charge in [0.25, 0.3) is 0 Å². The van der Waals surface area contributed by atoms with E-state index in [0.29, 0.717) is 5.88 Å². The van der Waals surface area contributed by atoms with Gasteiger partial charge in [-0.05, 0) is 26.2 Å². The Morgan fingerprint density at radius 3 is 2.90 bits per heavy atom. The number of nitrogens with zero attached hydrogens (tertiary/aromatic N) is 4. The maximum atomic E-state index is 6.11. The molecule has 0 amide bonds. The predicted molar refractivity (Wildman–Crippen MR) is 79.1 cm³/mol. The summed E-state index contributed by atoms with van der Waals surface area (Å²) in [6.45, 7) is 5.14. The highest BCUT2D eigenvalue weighted by atomic mass is 35.5. The third-order valence-corrected chi connectivity index (χ3v) is 4.41. The summed E-state index contributed by atoms with van der Waals surface area (Å²) in [5.74, 6) is 1.32. The average molecular weight is 297 g/mol. The summed E-state index contributed by atoms with van der Waals surface area (Å²) in [5, 5.41) is 4.56. The number of rotatable bonds is 4. The van der Waals surface area contributed by atoms with Gasteiger partial charge in [0.15, 0.2) is 5.65 Å². The Hall–Kier alpha value is -1.07. The van der Waals surface area contributed by atoms with Crippen molar-refractivity contribution in [1.29, 1.82) is 0 Å². The Kier molecular flexibility index (Phi) is 3.73. The smallest absolute Gasteiger partial charge is 0.159 e. The summed E-state index contributed by atoms with van der Waals surface area (Å²) in [7, 11) is 1.97. The van der Waals surface area contributed by atoms with Gasteiger partial charge in [0, 0.05) is 13.7 Å². The fourth-order valence-corrected chi connectivity index (χ4v) is 3.35. The number of hydrogen-bond acceptors (Lipinski definition) is 3. The summed E-state index contributed by atoms with van der Waals surface area (Å²) >= 11 is 6.11. The Morgan fingerprint density at radius 1 is 1.50 bits per heavy atom. The zero-order valence-electron chi connectivity index (χ0n) is 12.3. The lowest BCUT2D eigenvalue weighted by Gasteiger charge is -2.22. The van der Waals surface area contributed by atoms with Gasteiger partial charge in [-0.25, -0.2) is 4.98 Å². The minimum Gasteiger partial charge on any atom is -0.376 e. The van der Waals surface area contributed by atoms with E-state index >= 15 is 0 Å². The average Bonchev–Trinajstić information content (AvgIpc) is 3.14. The third-order valence-electron chi connectivity index (χ3n) is 4.17. The van der Waals surface area contributed by atoms with Gasteiger partial charge in [-0.3, -0.25) is 4.68 Å².